The molecular weight excluding hydrogens is 509 g/mol. The van der Waals surface area contributed by atoms with E-state index in [4.69, 9.17) is 24.0 Å². The zero-order chi connectivity index (χ0) is 29.5. The predicted molar refractivity (Wildman–Crippen MR) is 155 cm³/mol. The molecule has 1 atom stereocenters. The van der Waals surface area contributed by atoms with Gasteiger partial charge < -0.3 is 29.2 Å². The average molecular weight is 558 g/mol. The van der Waals surface area contributed by atoms with Crippen molar-refractivity contribution in [2.45, 2.75) is 117 Å². The number of nitrogens with zero attached hydrogens (tertiary/aromatic N) is 4. The van der Waals surface area contributed by atoms with E-state index in [1.165, 1.54) is 0 Å². The molecule has 222 valence electrons. The van der Waals surface area contributed by atoms with E-state index >= 15 is 0 Å². The number of carbonyl (C=O) groups excluding carboxylic acids is 2. The van der Waals surface area contributed by atoms with Crippen molar-refractivity contribution in [1.82, 2.24) is 20.2 Å². The summed E-state index contributed by atoms with van der Waals surface area (Å²) in [5, 5.41) is 2.80. The highest BCUT2D eigenvalue weighted by Gasteiger charge is 2.52. The van der Waals surface area contributed by atoms with Crippen molar-refractivity contribution < 1.29 is 23.6 Å². The minimum absolute atomic E-state index is 0.0413. The van der Waals surface area contributed by atoms with Gasteiger partial charge in [-0.3, -0.25) is 4.79 Å². The van der Waals surface area contributed by atoms with Gasteiger partial charge in [0.15, 0.2) is 0 Å². The number of likely N-dealkylation sites (tertiary alicyclic amines) is 1. The molecule has 1 N–H and O–H groups in total. The van der Waals surface area contributed by atoms with Crippen LogP contribution in [0.4, 0.5) is 10.7 Å². The maximum absolute atomic E-state index is 13.3. The van der Waals surface area contributed by atoms with E-state index in [9.17, 15) is 9.59 Å². The van der Waals surface area contributed by atoms with Gasteiger partial charge in [0.05, 0.1) is 11.2 Å². The molecule has 40 heavy (non-hydrogen) atoms. The van der Waals surface area contributed by atoms with Crippen LogP contribution in [0.5, 0.6) is 0 Å². The van der Waals surface area contributed by atoms with E-state index in [1.807, 2.05) is 79.6 Å². The van der Waals surface area contributed by atoms with Gasteiger partial charge in [-0.1, -0.05) is 13.8 Å². The molecule has 2 aliphatic heterocycles. The fourth-order valence-electron chi connectivity index (χ4n) is 5.12. The fraction of sp³-hybridized carbons (Fsp3) is 0.793. The third-order valence-electron chi connectivity index (χ3n) is 8.41. The fourth-order valence-corrected chi connectivity index (χ4v) is 5.12. The molecule has 1 saturated carbocycles. The Morgan fingerprint density at radius 3 is 2.10 bits per heavy atom. The van der Waals surface area contributed by atoms with Crippen LogP contribution >= 0.6 is 0 Å². The van der Waals surface area contributed by atoms with Gasteiger partial charge in [-0.15, -0.1) is 0 Å². The number of hydrogen-bond acceptors (Lipinski definition) is 8. The lowest BCUT2D eigenvalue weighted by Crippen LogP contribution is -2.54. The maximum Gasteiger partial charge on any atom is 0.498 e. The van der Waals surface area contributed by atoms with Crippen LogP contribution in [0.3, 0.4) is 0 Å². The molecule has 0 spiro atoms. The minimum atomic E-state index is -0.615. The molecule has 3 fully saturated rings. The molecule has 2 saturated heterocycles. The second-order valence-electron chi connectivity index (χ2n) is 13.9. The monoisotopic (exact) mass is 557 g/mol. The summed E-state index contributed by atoms with van der Waals surface area (Å²) < 4.78 is 17.7. The van der Waals surface area contributed by atoms with Crippen molar-refractivity contribution in [1.29, 1.82) is 0 Å². The summed E-state index contributed by atoms with van der Waals surface area (Å²) in [6, 6.07) is -0.143. The van der Waals surface area contributed by atoms with Gasteiger partial charge in [-0.2, -0.15) is 0 Å². The van der Waals surface area contributed by atoms with Crippen molar-refractivity contribution in [3.63, 3.8) is 0 Å². The first-order valence-electron chi connectivity index (χ1n) is 14.8. The van der Waals surface area contributed by atoms with Crippen LogP contribution in [0, 0.1) is 11.8 Å². The summed E-state index contributed by atoms with van der Waals surface area (Å²) in [7, 11) is -0.477. The number of amides is 2. The highest BCUT2D eigenvalue weighted by atomic mass is 16.7. The SMILES string of the molecule is CC(C)[C@H](NC(=O)OC(C)(C)C)C(=O)N1CCC(CN(c2ncc(B3OC(C)(C)C(C)(C)O3)cn2)C2CC2)CC1. The first kappa shape index (κ1) is 30.6. The second-order valence-corrected chi connectivity index (χ2v) is 13.9. The maximum atomic E-state index is 13.3. The third kappa shape index (κ3) is 7.27. The normalized spacial score (nSPS) is 21.9. The molecule has 0 radical (unpaired) electrons. The van der Waals surface area contributed by atoms with Crippen molar-refractivity contribution in [2.75, 3.05) is 24.5 Å². The first-order valence-corrected chi connectivity index (χ1v) is 14.8. The van der Waals surface area contributed by atoms with Crippen LogP contribution < -0.4 is 15.7 Å². The Labute approximate surface area is 240 Å². The largest absolute Gasteiger partial charge is 0.498 e. The molecule has 0 aromatic carbocycles. The molecule has 0 unspecified atom stereocenters. The Balaban J connectivity index is 1.33. The molecule has 1 aliphatic carbocycles. The standard InChI is InChI=1S/C29H48BN5O5/c1-19(2)23(33-26(37)38-27(3,4)5)24(36)34-14-12-20(13-15-34)18-35(22-10-11-22)25-31-16-21(17-32-25)30-39-28(6,7)29(8,9)40-30/h16-17,19-20,22-23H,10-15,18H2,1-9H3,(H,33,37)/t23-/m0/s1. The number of rotatable bonds is 8. The quantitative estimate of drug-likeness (QED) is 0.484. The van der Waals surface area contributed by atoms with Gasteiger partial charge in [-0.05, 0) is 86.0 Å². The van der Waals surface area contributed by atoms with Crippen LogP contribution in [0.15, 0.2) is 12.4 Å². The van der Waals surface area contributed by atoms with Gasteiger partial charge in [0.2, 0.25) is 11.9 Å². The third-order valence-corrected chi connectivity index (χ3v) is 8.41. The number of aromatic nitrogens is 2. The van der Waals surface area contributed by atoms with E-state index in [0.717, 1.165) is 43.6 Å². The topological polar surface area (TPSA) is 106 Å². The highest BCUT2D eigenvalue weighted by molar-refractivity contribution is 6.61. The van der Waals surface area contributed by atoms with Crippen LogP contribution in [0.1, 0.15) is 88.0 Å². The number of ether oxygens (including phenoxy) is 1. The molecular formula is C29H48BN5O5. The van der Waals surface area contributed by atoms with Crippen molar-refractivity contribution in [2.24, 2.45) is 11.8 Å². The van der Waals surface area contributed by atoms with Crippen LogP contribution in [-0.2, 0) is 18.8 Å². The molecule has 4 rings (SSSR count). The highest BCUT2D eigenvalue weighted by Crippen LogP contribution is 2.37. The number of hydrogen-bond donors (Lipinski definition) is 1. The van der Waals surface area contributed by atoms with E-state index < -0.39 is 36.1 Å². The summed E-state index contributed by atoms with van der Waals surface area (Å²) >= 11 is 0. The lowest BCUT2D eigenvalue weighted by atomic mass is 9.81. The zero-order valence-electron chi connectivity index (χ0n) is 25.8. The zero-order valence-corrected chi connectivity index (χ0v) is 25.8. The smallest absolute Gasteiger partial charge is 0.444 e. The van der Waals surface area contributed by atoms with Gasteiger partial charge in [0, 0.05) is 43.5 Å². The van der Waals surface area contributed by atoms with E-state index in [-0.39, 0.29) is 11.8 Å². The molecule has 1 aromatic heterocycles. The van der Waals surface area contributed by atoms with Gasteiger partial charge in [0.1, 0.15) is 11.6 Å². The number of alkyl carbamates (subject to hydrolysis) is 1. The second kappa shape index (κ2) is 11.5. The molecule has 3 heterocycles. The van der Waals surface area contributed by atoms with Crippen molar-refractivity contribution in [3.8, 4) is 0 Å². The molecule has 1 aromatic rings. The van der Waals surface area contributed by atoms with E-state index in [2.05, 4.69) is 10.2 Å². The molecule has 2 amide bonds. The Bertz CT molecular complexity index is 1030. The lowest BCUT2D eigenvalue weighted by Gasteiger charge is -2.37. The molecule has 10 nitrogen and oxygen atoms in total. The summed E-state index contributed by atoms with van der Waals surface area (Å²) in [5.41, 5.74) is -0.609. The molecule has 3 aliphatic rings. The average Bonchev–Trinajstić information content (AvgIpc) is 3.66. The minimum Gasteiger partial charge on any atom is -0.444 e. The van der Waals surface area contributed by atoms with Gasteiger partial charge >= 0.3 is 13.2 Å². The van der Waals surface area contributed by atoms with Gasteiger partial charge in [0.25, 0.3) is 0 Å². The van der Waals surface area contributed by atoms with Crippen LogP contribution in [-0.4, -0.2) is 82.5 Å². The Kier molecular flexibility index (Phi) is 8.76. The van der Waals surface area contributed by atoms with E-state index in [1.54, 1.807) is 0 Å². The Hall–Kier alpha value is -2.40. The lowest BCUT2D eigenvalue weighted by molar-refractivity contribution is -0.136. The number of nitrogens with one attached hydrogen (secondary N) is 1. The summed E-state index contributed by atoms with van der Waals surface area (Å²) in [6.07, 6.45) is 7.18. The summed E-state index contributed by atoms with van der Waals surface area (Å²) in [4.78, 5) is 39.4. The first-order chi connectivity index (χ1) is 18.6. The number of carbonyl (C=O) groups is 2. The number of anilines is 1. The number of piperidine rings is 1. The summed E-state index contributed by atoms with van der Waals surface area (Å²) in [5.74, 6) is 1.09. The van der Waals surface area contributed by atoms with Crippen molar-refractivity contribution in [3.05, 3.63) is 12.4 Å². The van der Waals surface area contributed by atoms with Crippen LogP contribution in [0.2, 0.25) is 0 Å². The molecule has 0 bridgehead atoms. The summed E-state index contributed by atoms with van der Waals surface area (Å²) in [6.45, 7) is 19.7. The van der Waals surface area contributed by atoms with Gasteiger partial charge in [-0.25, -0.2) is 14.8 Å². The Morgan fingerprint density at radius 1 is 1.07 bits per heavy atom. The van der Waals surface area contributed by atoms with Crippen molar-refractivity contribution >= 4 is 30.5 Å². The van der Waals surface area contributed by atoms with E-state index in [0.29, 0.717) is 25.0 Å². The molecule has 11 heteroatoms. The van der Waals surface area contributed by atoms with Crippen LogP contribution in [0.25, 0.3) is 0 Å². The Morgan fingerprint density at radius 2 is 1.62 bits per heavy atom. The predicted octanol–water partition coefficient (Wildman–Crippen LogP) is 3.53.